The summed E-state index contributed by atoms with van der Waals surface area (Å²) >= 11 is 0. The number of nitrogens with zero attached hydrogens (tertiary/aromatic N) is 2. The van der Waals surface area contributed by atoms with Crippen molar-refractivity contribution >= 4 is 0 Å². The molecular weight excluding hydrogens is 234 g/mol. The lowest BCUT2D eigenvalue weighted by Crippen LogP contribution is -2.60. The van der Waals surface area contributed by atoms with E-state index in [0.717, 1.165) is 12.6 Å². The number of fused-ring (bicyclic) bond motifs is 1. The summed E-state index contributed by atoms with van der Waals surface area (Å²) in [6.45, 7) is 10.5. The maximum absolute atomic E-state index is 6.30. The van der Waals surface area contributed by atoms with Crippen molar-refractivity contribution in [3.05, 3.63) is 0 Å². The van der Waals surface area contributed by atoms with Crippen molar-refractivity contribution in [2.24, 2.45) is 5.73 Å². The summed E-state index contributed by atoms with van der Waals surface area (Å²) in [5.74, 6) is 0. The molecule has 0 amide bonds. The van der Waals surface area contributed by atoms with Crippen LogP contribution in [-0.2, 0) is 0 Å². The van der Waals surface area contributed by atoms with Gasteiger partial charge in [0, 0.05) is 24.7 Å². The summed E-state index contributed by atoms with van der Waals surface area (Å²) in [5.41, 5.74) is 6.59. The van der Waals surface area contributed by atoms with E-state index in [0.29, 0.717) is 5.54 Å². The smallest absolute Gasteiger partial charge is 0.0498 e. The monoisotopic (exact) mass is 267 g/mol. The van der Waals surface area contributed by atoms with Gasteiger partial charge in [-0.1, -0.05) is 26.7 Å². The van der Waals surface area contributed by atoms with Crippen molar-refractivity contribution in [3.63, 3.8) is 0 Å². The van der Waals surface area contributed by atoms with E-state index >= 15 is 0 Å². The topological polar surface area (TPSA) is 32.5 Å². The molecule has 112 valence electrons. The molecule has 2 rings (SSSR count). The molecular formula is C16H33N3. The van der Waals surface area contributed by atoms with Crippen molar-refractivity contribution in [2.45, 2.75) is 70.4 Å². The van der Waals surface area contributed by atoms with Gasteiger partial charge >= 0.3 is 0 Å². The average molecular weight is 267 g/mol. The molecule has 2 atom stereocenters. The van der Waals surface area contributed by atoms with E-state index in [1.165, 1.54) is 71.1 Å². The van der Waals surface area contributed by atoms with Crippen LogP contribution in [-0.4, -0.2) is 54.1 Å². The fourth-order valence-electron chi connectivity index (χ4n) is 4.20. The van der Waals surface area contributed by atoms with Crippen molar-refractivity contribution in [3.8, 4) is 0 Å². The molecule has 0 aromatic rings. The first-order chi connectivity index (χ1) is 9.28. The summed E-state index contributed by atoms with van der Waals surface area (Å²) in [4.78, 5) is 5.48. The van der Waals surface area contributed by atoms with E-state index in [-0.39, 0.29) is 0 Å². The molecule has 0 bridgehead atoms. The highest BCUT2D eigenvalue weighted by Crippen LogP contribution is 2.39. The minimum absolute atomic E-state index is 0.292. The highest BCUT2D eigenvalue weighted by molar-refractivity contribution is 5.09. The Labute approximate surface area is 119 Å². The van der Waals surface area contributed by atoms with E-state index < -0.39 is 0 Å². The third-order valence-corrected chi connectivity index (χ3v) is 5.36. The van der Waals surface area contributed by atoms with E-state index in [4.69, 9.17) is 5.73 Å². The van der Waals surface area contributed by atoms with Gasteiger partial charge < -0.3 is 5.73 Å². The molecule has 0 saturated carbocycles. The molecule has 0 spiro atoms. The Morgan fingerprint density at radius 1 is 1.16 bits per heavy atom. The number of hydrogen-bond donors (Lipinski definition) is 1. The molecule has 2 aliphatic heterocycles. The van der Waals surface area contributed by atoms with Crippen molar-refractivity contribution in [2.75, 3.05) is 32.7 Å². The highest BCUT2D eigenvalue weighted by Gasteiger charge is 2.51. The molecule has 3 heteroatoms. The van der Waals surface area contributed by atoms with E-state index in [1.807, 2.05) is 0 Å². The number of rotatable bonds is 8. The van der Waals surface area contributed by atoms with Crippen LogP contribution >= 0.6 is 0 Å². The van der Waals surface area contributed by atoms with Crippen LogP contribution in [0.1, 0.15) is 58.8 Å². The first kappa shape index (κ1) is 15.3. The van der Waals surface area contributed by atoms with Gasteiger partial charge in [-0.15, -0.1) is 0 Å². The number of nitrogens with two attached hydrogens (primary N) is 1. The van der Waals surface area contributed by atoms with Gasteiger partial charge in [0.25, 0.3) is 0 Å². The van der Waals surface area contributed by atoms with Gasteiger partial charge in [0.05, 0.1) is 0 Å². The van der Waals surface area contributed by atoms with Crippen LogP contribution < -0.4 is 5.73 Å². The molecule has 2 unspecified atom stereocenters. The summed E-state index contributed by atoms with van der Waals surface area (Å²) in [5, 5.41) is 0. The largest absolute Gasteiger partial charge is 0.329 e. The molecule has 0 aromatic heterocycles. The second-order valence-corrected chi connectivity index (χ2v) is 6.45. The molecule has 2 heterocycles. The van der Waals surface area contributed by atoms with Crippen LogP contribution in [0, 0.1) is 0 Å². The number of unbranched alkanes of at least 4 members (excludes halogenated alkanes) is 2. The summed E-state index contributed by atoms with van der Waals surface area (Å²) in [6.07, 6.45) is 9.25. The molecule has 0 aromatic carbocycles. The fourth-order valence-corrected chi connectivity index (χ4v) is 4.20. The second kappa shape index (κ2) is 7.05. The van der Waals surface area contributed by atoms with Crippen LogP contribution in [0.5, 0.6) is 0 Å². The first-order valence-corrected chi connectivity index (χ1v) is 8.47. The van der Waals surface area contributed by atoms with Crippen LogP contribution in [0.4, 0.5) is 0 Å². The summed E-state index contributed by atoms with van der Waals surface area (Å²) in [6, 6.07) is 0.742. The van der Waals surface area contributed by atoms with Crippen LogP contribution in [0.2, 0.25) is 0 Å². The predicted octanol–water partition coefficient (Wildman–Crippen LogP) is 2.45. The van der Waals surface area contributed by atoms with Crippen LogP contribution in [0.15, 0.2) is 0 Å². The molecule has 2 saturated heterocycles. The standard InChI is InChI=1S/C16H33N3/c1-3-5-11-19(12-6-4-2)16(14-17)9-13-18-10-7-8-15(16)18/h15H,3-14,17H2,1-2H3. The van der Waals surface area contributed by atoms with Gasteiger partial charge in [-0.3, -0.25) is 9.80 Å². The average Bonchev–Trinajstić information content (AvgIpc) is 3.02. The quantitative estimate of drug-likeness (QED) is 0.733. The third-order valence-electron chi connectivity index (χ3n) is 5.36. The summed E-state index contributed by atoms with van der Waals surface area (Å²) < 4.78 is 0. The van der Waals surface area contributed by atoms with Crippen molar-refractivity contribution < 1.29 is 0 Å². The molecule has 0 aliphatic carbocycles. The van der Waals surface area contributed by atoms with Gasteiger partial charge in [0.1, 0.15) is 0 Å². The Morgan fingerprint density at radius 2 is 1.84 bits per heavy atom. The third kappa shape index (κ3) is 2.98. The molecule has 3 nitrogen and oxygen atoms in total. The Kier molecular flexibility index (Phi) is 5.67. The SMILES string of the molecule is CCCCN(CCCC)C1(CN)CCN2CCCC21. The van der Waals surface area contributed by atoms with E-state index in [9.17, 15) is 0 Å². The normalized spacial score (nSPS) is 31.3. The Morgan fingerprint density at radius 3 is 2.42 bits per heavy atom. The Hall–Kier alpha value is -0.120. The summed E-state index contributed by atoms with van der Waals surface area (Å²) in [7, 11) is 0. The zero-order valence-corrected chi connectivity index (χ0v) is 13.0. The molecule has 19 heavy (non-hydrogen) atoms. The second-order valence-electron chi connectivity index (χ2n) is 6.45. The minimum atomic E-state index is 0.292. The van der Waals surface area contributed by atoms with Crippen LogP contribution in [0.25, 0.3) is 0 Å². The lowest BCUT2D eigenvalue weighted by molar-refractivity contribution is 0.0621. The molecule has 0 radical (unpaired) electrons. The first-order valence-electron chi connectivity index (χ1n) is 8.47. The van der Waals surface area contributed by atoms with E-state index in [1.54, 1.807) is 0 Å². The van der Waals surface area contributed by atoms with E-state index in [2.05, 4.69) is 23.6 Å². The lowest BCUT2D eigenvalue weighted by Gasteiger charge is -2.45. The fraction of sp³-hybridized carbons (Fsp3) is 1.00. The maximum Gasteiger partial charge on any atom is 0.0498 e. The van der Waals surface area contributed by atoms with Crippen LogP contribution in [0.3, 0.4) is 0 Å². The predicted molar refractivity (Wildman–Crippen MR) is 82.4 cm³/mol. The zero-order valence-electron chi connectivity index (χ0n) is 13.0. The minimum Gasteiger partial charge on any atom is -0.329 e. The Bertz CT molecular complexity index is 261. The molecule has 2 aliphatic rings. The van der Waals surface area contributed by atoms with Gasteiger partial charge in [-0.2, -0.15) is 0 Å². The lowest BCUT2D eigenvalue weighted by atomic mass is 9.86. The van der Waals surface area contributed by atoms with Gasteiger partial charge in [-0.25, -0.2) is 0 Å². The van der Waals surface area contributed by atoms with Crippen molar-refractivity contribution in [1.82, 2.24) is 9.80 Å². The maximum atomic E-state index is 6.30. The highest BCUT2D eigenvalue weighted by atomic mass is 15.3. The van der Waals surface area contributed by atoms with Gasteiger partial charge in [0.15, 0.2) is 0 Å². The van der Waals surface area contributed by atoms with Gasteiger partial charge in [0.2, 0.25) is 0 Å². The Balaban J connectivity index is 2.10. The zero-order chi connectivity index (χ0) is 13.7. The van der Waals surface area contributed by atoms with Gasteiger partial charge in [-0.05, 0) is 51.7 Å². The molecule has 2 fully saturated rings. The number of hydrogen-bond acceptors (Lipinski definition) is 3. The molecule has 2 N–H and O–H groups in total. The van der Waals surface area contributed by atoms with Crippen molar-refractivity contribution in [1.29, 1.82) is 0 Å².